The zero-order valence-corrected chi connectivity index (χ0v) is 14.7. The molecule has 0 aromatic heterocycles. The van der Waals surface area contributed by atoms with Gasteiger partial charge in [0, 0.05) is 0 Å². The Morgan fingerprint density at radius 1 is 1.22 bits per heavy atom. The van der Waals surface area contributed by atoms with Gasteiger partial charge in [0.2, 0.25) is 5.91 Å². The molecule has 2 amide bonds. The summed E-state index contributed by atoms with van der Waals surface area (Å²) in [6.07, 6.45) is -6.56. The first-order chi connectivity index (χ1) is 12.5. The van der Waals surface area contributed by atoms with E-state index in [0.717, 1.165) is 24.3 Å². The average molecular weight is 390 g/mol. The molecule has 0 aliphatic carbocycles. The molecule has 1 aromatic rings. The highest BCUT2D eigenvalue weighted by molar-refractivity contribution is 5.89. The van der Waals surface area contributed by atoms with E-state index in [2.05, 4.69) is 5.32 Å². The van der Waals surface area contributed by atoms with Gasteiger partial charge in [-0.2, -0.15) is 13.2 Å². The summed E-state index contributed by atoms with van der Waals surface area (Å²) in [4.78, 5) is 35.2. The van der Waals surface area contributed by atoms with E-state index in [1.165, 1.54) is 6.92 Å². The number of alkyl halides is 3. The molecule has 0 unspecified atom stereocenters. The smallest absolute Gasteiger partial charge is 0.416 e. The van der Waals surface area contributed by atoms with E-state index in [9.17, 15) is 32.7 Å². The van der Waals surface area contributed by atoms with Crippen molar-refractivity contribution in [3.8, 4) is 0 Å². The molecule has 0 aliphatic rings. The second-order valence-electron chi connectivity index (χ2n) is 5.90. The van der Waals surface area contributed by atoms with E-state index in [0.29, 0.717) is 0 Å². The molecule has 3 atom stereocenters. The van der Waals surface area contributed by atoms with Gasteiger partial charge in [0.25, 0.3) is 5.91 Å². The molecule has 27 heavy (non-hydrogen) atoms. The first kappa shape index (κ1) is 22.4. The van der Waals surface area contributed by atoms with E-state index in [1.54, 1.807) is 6.92 Å². The quantitative estimate of drug-likeness (QED) is 0.578. The van der Waals surface area contributed by atoms with Crippen LogP contribution < -0.4 is 11.1 Å². The van der Waals surface area contributed by atoms with E-state index in [-0.39, 0.29) is 18.6 Å². The summed E-state index contributed by atoms with van der Waals surface area (Å²) in [6, 6.07) is 2.08. The number of carbonyl (C=O) groups is 3. The maximum absolute atomic E-state index is 12.6. The number of rotatable bonds is 8. The summed E-state index contributed by atoms with van der Waals surface area (Å²) in [5.74, 6) is -3.27. The lowest BCUT2D eigenvalue weighted by atomic mass is 9.97. The number of halogens is 3. The summed E-state index contributed by atoms with van der Waals surface area (Å²) < 4.78 is 42.4. The highest BCUT2D eigenvalue weighted by Crippen LogP contribution is 2.30. The van der Waals surface area contributed by atoms with Crippen molar-refractivity contribution in [2.45, 2.75) is 38.6 Å². The standard InChI is InChI=1S/C17H21F3N2O5/c1-3-27-12(23)8-9(2)13(15(21)25)22-16(26)14(24)10-4-6-11(7-5-10)17(18,19)20/h4-7,9,13-14,24H,3,8H2,1-2H3,(H2,21,25)(H,22,26)/t9-,13-,14-/m1/s1. The summed E-state index contributed by atoms with van der Waals surface area (Å²) in [5, 5.41) is 12.2. The molecule has 150 valence electrons. The monoisotopic (exact) mass is 390 g/mol. The third kappa shape index (κ3) is 6.55. The summed E-state index contributed by atoms with van der Waals surface area (Å²) in [6.45, 7) is 3.24. The molecule has 4 N–H and O–H groups in total. The first-order valence-corrected chi connectivity index (χ1v) is 8.07. The van der Waals surface area contributed by atoms with Crippen molar-refractivity contribution in [3.05, 3.63) is 35.4 Å². The second kappa shape index (κ2) is 9.36. The minimum atomic E-state index is -4.55. The molecule has 1 rings (SSSR count). The molecule has 1 aromatic carbocycles. The Morgan fingerprint density at radius 2 is 1.78 bits per heavy atom. The van der Waals surface area contributed by atoms with Crippen molar-refractivity contribution in [3.63, 3.8) is 0 Å². The minimum absolute atomic E-state index is 0.0956. The zero-order valence-electron chi connectivity index (χ0n) is 14.7. The van der Waals surface area contributed by atoms with Crippen LogP contribution >= 0.6 is 0 Å². The lowest BCUT2D eigenvalue weighted by molar-refractivity contribution is -0.145. The number of hydrogen-bond acceptors (Lipinski definition) is 5. The maximum Gasteiger partial charge on any atom is 0.416 e. The number of aliphatic hydroxyl groups excluding tert-OH is 1. The SMILES string of the molecule is CCOC(=O)C[C@@H](C)[C@@H](NC(=O)[C@H](O)c1ccc(C(F)(F)F)cc1)C(N)=O. The van der Waals surface area contributed by atoms with Crippen molar-refractivity contribution < 1.29 is 37.4 Å². The van der Waals surface area contributed by atoms with Gasteiger partial charge in [0.15, 0.2) is 6.10 Å². The number of aliphatic hydroxyl groups is 1. The number of esters is 1. The number of primary amides is 1. The number of nitrogens with one attached hydrogen (secondary N) is 1. The van der Waals surface area contributed by atoms with Gasteiger partial charge in [-0.3, -0.25) is 14.4 Å². The molecule has 0 heterocycles. The van der Waals surface area contributed by atoms with E-state index in [4.69, 9.17) is 10.5 Å². The average Bonchev–Trinajstić information content (AvgIpc) is 2.57. The third-order valence-electron chi connectivity index (χ3n) is 3.77. The summed E-state index contributed by atoms with van der Waals surface area (Å²) in [5.41, 5.74) is 4.20. The number of amides is 2. The highest BCUT2D eigenvalue weighted by atomic mass is 19.4. The molecular weight excluding hydrogens is 369 g/mol. The van der Waals surface area contributed by atoms with E-state index in [1.807, 2.05) is 0 Å². The summed E-state index contributed by atoms with van der Waals surface area (Å²) in [7, 11) is 0. The van der Waals surface area contributed by atoms with Crippen molar-refractivity contribution in [1.29, 1.82) is 0 Å². The fraction of sp³-hybridized carbons (Fsp3) is 0.471. The molecule has 0 radical (unpaired) electrons. The number of ether oxygens (including phenoxy) is 1. The summed E-state index contributed by atoms with van der Waals surface area (Å²) >= 11 is 0. The molecule has 0 saturated carbocycles. The maximum atomic E-state index is 12.6. The number of benzene rings is 1. The zero-order chi connectivity index (χ0) is 20.8. The Hall–Kier alpha value is -2.62. The molecule has 0 saturated heterocycles. The van der Waals surface area contributed by atoms with Crippen LogP contribution in [0.4, 0.5) is 13.2 Å². The van der Waals surface area contributed by atoms with Gasteiger partial charge in [-0.1, -0.05) is 19.1 Å². The Labute approximate surface area is 153 Å². The molecule has 0 aliphatic heterocycles. The fourth-order valence-electron chi connectivity index (χ4n) is 2.33. The van der Waals surface area contributed by atoms with Crippen molar-refractivity contribution in [2.75, 3.05) is 6.61 Å². The van der Waals surface area contributed by atoms with E-state index < -0.39 is 47.6 Å². The van der Waals surface area contributed by atoms with Crippen molar-refractivity contribution in [1.82, 2.24) is 5.32 Å². The Balaban J connectivity index is 2.83. The van der Waals surface area contributed by atoms with Crippen LogP contribution in [0, 0.1) is 5.92 Å². The topological polar surface area (TPSA) is 119 Å². The number of hydrogen-bond donors (Lipinski definition) is 3. The molecule has 10 heteroatoms. The van der Waals surface area contributed by atoms with Crippen LogP contribution in [0.25, 0.3) is 0 Å². The largest absolute Gasteiger partial charge is 0.466 e. The van der Waals surface area contributed by atoms with Gasteiger partial charge in [-0.05, 0) is 30.5 Å². The fourth-order valence-corrected chi connectivity index (χ4v) is 2.33. The van der Waals surface area contributed by atoms with Crippen LogP contribution in [0.3, 0.4) is 0 Å². The number of nitrogens with two attached hydrogens (primary N) is 1. The van der Waals surface area contributed by atoms with Gasteiger partial charge in [0.05, 0.1) is 18.6 Å². The lowest BCUT2D eigenvalue weighted by Crippen LogP contribution is -2.50. The molecule has 0 fully saturated rings. The Morgan fingerprint density at radius 3 is 2.22 bits per heavy atom. The van der Waals surface area contributed by atoms with Crippen LogP contribution in [-0.4, -0.2) is 35.5 Å². The molecule has 7 nitrogen and oxygen atoms in total. The predicted molar refractivity (Wildman–Crippen MR) is 87.9 cm³/mol. The lowest BCUT2D eigenvalue weighted by Gasteiger charge is -2.23. The minimum Gasteiger partial charge on any atom is -0.466 e. The third-order valence-corrected chi connectivity index (χ3v) is 3.77. The van der Waals surface area contributed by atoms with Crippen molar-refractivity contribution >= 4 is 17.8 Å². The van der Waals surface area contributed by atoms with Gasteiger partial charge in [-0.15, -0.1) is 0 Å². The predicted octanol–water partition coefficient (Wildman–Crippen LogP) is 1.30. The molecule has 0 bridgehead atoms. The van der Waals surface area contributed by atoms with Crippen LogP contribution in [0.5, 0.6) is 0 Å². The van der Waals surface area contributed by atoms with Crippen LogP contribution in [0.15, 0.2) is 24.3 Å². The van der Waals surface area contributed by atoms with E-state index >= 15 is 0 Å². The number of carbonyl (C=O) groups excluding carboxylic acids is 3. The Bertz CT molecular complexity index is 676. The van der Waals surface area contributed by atoms with Crippen LogP contribution in [0.2, 0.25) is 0 Å². The van der Waals surface area contributed by atoms with Gasteiger partial charge >= 0.3 is 12.1 Å². The van der Waals surface area contributed by atoms with Crippen molar-refractivity contribution in [2.24, 2.45) is 11.7 Å². The Kier molecular flexibility index (Phi) is 7.77. The second-order valence-corrected chi connectivity index (χ2v) is 5.90. The first-order valence-electron chi connectivity index (χ1n) is 8.07. The van der Waals surface area contributed by atoms with Gasteiger partial charge < -0.3 is 20.9 Å². The molecular formula is C17H21F3N2O5. The van der Waals surface area contributed by atoms with Crippen LogP contribution in [0.1, 0.15) is 37.5 Å². The highest BCUT2D eigenvalue weighted by Gasteiger charge is 2.32. The van der Waals surface area contributed by atoms with Crippen LogP contribution in [-0.2, 0) is 25.3 Å². The molecule has 0 spiro atoms. The normalized spacial score (nSPS) is 14.7. The van der Waals surface area contributed by atoms with Gasteiger partial charge in [-0.25, -0.2) is 0 Å². The van der Waals surface area contributed by atoms with Gasteiger partial charge in [0.1, 0.15) is 6.04 Å².